The van der Waals surface area contributed by atoms with Crippen molar-refractivity contribution < 1.29 is 9.52 Å². The summed E-state index contributed by atoms with van der Waals surface area (Å²) < 4.78 is 5.41. The number of rotatable bonds is 5. The molecule has 0 saturated carbocycles. The SMILES string of the molecule is CN(C)c1ncccc1NCc1ccc(CO)o1. The highest BCUT2D eigenvalue weighted by molar-refractivity contribution is 5.64. The molecule has 18 heavy (non-hydrogen) atoms. The Hall–Kier alpha value is -2.01. The fraction of sp³-hybridized carbons (Fsp3) is 0.308. The molecule has 2 aromatic rings. The van der Waals surface area contributed by atoms with E-state index in [4.69, 9.17) is 9.52 Å². The van der Waals surface area contributed by atoms with Crippen LogP contribution < -0.4 is 10.2 Å². The molecule has 2 heterocycles. The first kappa shape index (κ1) is 12.4. The molecule has 0 bridgehead atoms. The van der Waals surface area contributed by atoms with Gasteiger partial charge in [0.25, 0.3) is 0 Å². The molecule has 5 nitrogen and oxygen atoms in total. The van der Waals surface area contributed by atoms with Gasteiger partial charge < -0.3 is 19.7 Å². The maximum atomic E-state index is 8.92. The van der Waals surface area contributed by atoms with Gasteiger partial charge in [0.05, 0.1) is 12.2 Å². The number of hydrogen-bond donors (Lipinski definition) is 2. The minimum atomic E-state index is -0.0736. The number of nitrogens with zero attached hydrogens (tertiary/aromatic N) is 2. The van der Waals surface area contributed by atoms with Crippen LogP contribution in [-0.2, 0) is 13.2 Å². The van der Waals surface area contributed by atoms with Gasteiger partial charge in [-0.2, -0.15) is 0 Å². The van der Waals surface area contributed by atoms with Crippen LogP contribution in [0.3, 0.4) is 0 Å². The van der Waals surface area contributed by atoms with Crippen molar-refractivity contribution >= 4 is 11.5 Å². The van der Waals surface area contributed by atoms with Crippen LogP contribution in [0.5, 0.6) is 0 Å². The molecular formula is C13H17N3O2. The summed E-state index contributed by atoms with van der Waals surface area (Å²) in [6, 6.07) is 7.48. The van der Waals surface area contributed by atoms with Gasteiger partial charge in [-0.3, -0.25) is 0 Å². The Morgan fingerprint density at radius 2 is 2.06 bits per heavy atom. The lowest BCUT2D eigenvalue weighted by atomic mass is 10.3. The zero-order valence-electron chi connectivity index (χ0n) is 10.6. The molecule has 2 rings (SSSR count). The first-order chi connectivity index (χ1) is 8.70. The van der Waals surface area contributed by atoms with Crippen molar-refractivity contribution in [2.45, 2.75) is 13.2 Å². The molecule has 0 amide bonds. The highest BCUT2D eigenvalue weighted by atomic mass is 16.4. The number of hydrogen-bond acceptors (Lipinski definition) is 5. The van der Waals surface area contributed by atoms with E-state index in [2.05, 4.69) is 10.3 Å². The molecule has 0 radical (unpaired) electrons. The molecule has 0 saturated heterocycles. The van der Waals surface area contributed by atoms with Gasteiger partial charge in [-0.25, -0.2) is 4.98 Å². The number of aliphatic hydroxyl groups is 1. The summed E-state index contributed by atoms with van der Waals surface area (Å²) in [5.74, 6) is 2.24. The second-order valence-corrected chi connectivity index (χ2v) is 4.15. The molecule has 2 N–H and O–H groups in total. The Morgan fingerprint density at radius 3 is 2.72 bits per heavy atom. The van der Waals surface area contributed by atoms with E-state index >= 15 is 0 Å². The van der Waals surface area contributed by atoms with Crippen LogP contribution >= 0.6 is 0 Å². The summed E-state index contributed by atoms with van der Waals surface area (Å²) in [7, 11) is 3.90. The maximum Gasteiger partial charge on any atom is 0.151 e. The predicted octanol–water partition coefficient (Wildman–Crippen LogP) is 1.84. The van der Waals surface area contributed by atoms with Crippen molar-refractivity contribution in [1.82, 2.24) is 4.98 Å². The highest BCUT2D eigenvalue weighted by Gasteiger charge is 2.06. The summed E-state index contributed by atoms with van der Waals surface area (Å²) in [6.45, 7) is 0.488. The summed E-state index contributed by atoms with van der Waals surface area (Å²) >= 11 is 0. The Morgan fingerprint density at radius 1 is 1.28 bits per heavy atom. The zero-order chi connectivity index (χ0) is 13.0. The van der Waals surface area contributed by atoms with Crippen molar-refractivity contribution in [1.29, 1.82) is 0 Å². The quantitative estimate of drug-likeness (QED) is 0.844. The summed E-state index contributed by atoms with van der Waals surface area (Å²) in [4.78, 5) is 6.25. The van der Waals surface area contributed by atoms with E-state index in [0.29, 0.717) is 12.3 Å². The largest absolute Gasteiger partial charge is 0.462 e. The number of pyridine rings is 1. The molecule has 0 aliphatic rings. The minimum Gasteiger partial charge on any atom is -0.462 e. The average molecular weight is 247 g/mol. The topological polar surface area (TPSA) is 61.5 Å². The van der Waals surface area contributed by atoms with Crippen LogP contribution in [0.4, 0.5) is 11.5 Å². The van der Waals surface area contributed by atoms with E-state index in [1.54, 1.807) is 12.3 Å². The van der Waals surface area contributed by atoms with Crippen molar-refractivity contribution in [2.75, 3.05) is 24.3 Å². The first-order valence-electron chi connectivity index (χ1n) is 5.75. The van der Waals surface area contributed by atoms with Gasteiger partial charge in [0.2, 0.25) is 0 Å². The van der Waals surface area contributed by atoms with Crippen LogP contribution in [0.25, 0.3) is 0 Å². The summed E-state index contributed by atoms with van der Waals surface area (Å²) in [5.41, 5.74) is 0.949. The van der Waals surface area contributed by atoms with Crippen LogP contribution in [-0.4, -0.2) is 24.2 Å². The number of aliphatic hydroxyl groups excluding tert-OH is 1. The normalized spacial score (nSPS) is 10.4. The molecule has 0 aromatic carbocycles. The number of anilines is 2. The maximum absolute atomic E-state index is 8.92. The van der Waals surface area contributed by atoms with Gasteiger partial charge in [0.15, 0.2) is 5.82 Å². The molecule has 0 unspecified atom stereocenters. The Bertz CT molecular complexity index is 508. The van der Waals surface area contributed by atoms with E-state index in [-0.39, 0.29) is 6.61 Å². The average Bonchev–Trinajstić information content (AvgIpc) is 2.84. The third kappa shape index (κ3) is 2.81. The van der Waals surface area contributed by atoms with Crippen LogP contribution in [0.2, 0.25) is 0 Å². The second kappa shape index (κ2) is 5.55. The van der Waals surface area contributed by atoms with E-state index in [9.17, 15) is 0 Å². The molecule has 0 aliphatic heterocycles. The monoisotopic (exact) mass is 247 g/mol. The van der Waals surface area contributed by atoms with E-state index < -0.39 is 0 Å². The van der Waals surface area contributed by atoms with Crippen molar-refractivity contribution in [3.63, 3.8) is 0 Å². The van der Waals surface area contributed by atoms with E-state index in [1.807, 2.05) is 37.2 Å². The van der Waals surface area contributed by atoms with Gasteiger partial charge >= 0.3 is 0 Å². The lowest BCUT2D eigenvalue weighted by Gasteiger charge is -2.16. The standard InChI is InChI=1S/C13H17N3O2/c1-16(2)13-12(4-3-7-14-13)15-8-10-5-6-11(9-17)18-10/h3-7,15,17H,8-9H2,1-2H3. The molecule has 2 aromatic heterocycles. The van der Waals surface area contributed by atoms with Gasteiger partial charge in [-0.15, -0.1) is 0 Å². The fourth-order valence-electron chi connectivity index (χ4n) is 1.68. The second-order valence-electron chi connectivity index (χ2n) is 4.15. The van der Waals surface area contributed by atoms with E-state index in [1.165, 1.54) is 0 Å². The van der Waals surface area contributed by atoms with Crippen LogP contribution in [0.15, 0.2) is 34.9 Å². The van der Waals surface area contributed by atoms with Crippen LogP contribution in [0, 0.1) is 0 Å². The third-order valence-electron chi connectivity index (χ3n) is 2.54. The molecule has 0 atom stereocenters. The van der Waals surface area contributed by atoms with Gasteiger partial charge in [-0.05, 0) is 24.3 Å². The van der Waals surface area contributed by atoms with Crippen LogP contribution in [0.1, 0.15) is 11.5 Å². The molecule has 5 heteroatoms. The summed E-state index contributed by atoms with van der Waals surface area (Å²) in [5, 5.41) is 12.2. The zero-order valence-corrected chi connectivity index (χ0v) is 10.6. The predicted molar refractivity (Wildman–Crippen MR) is 70.5 cm³/mol. The minimum absolute atomic E-state index is 0.0736. The lowest BCUT2D eigenvalue weighted by molar-refractivity contribution is 0.244. The fourth-order valence-corrected chi connectivity index (χ4v) is 1.68. The van der Waals surface area contributed by atoms with E-state index in [0.717, 1.165) is 17.3 Å². The Labute approximate surface area is 106 Å². The molecule has 96 valence electrons. The highest BCUT2D eigenvalue weighted by Crippen LogP contribution is 2.21. The Balaban J connectivity index is 2.05. The molecule has 0 aliphatic carbocycles. The molecule has 0 spiro atoms. The van der Waals surface area contributed by atoms with Crippen molar-refractivity contribution in [3.05, 3.63) is 42.0 Å². The number of furan rings is 1. The van der Waals surface area contributed by atoms with Crippen molar-refractivity contribution in [2.24, 2.45) is 0 Å². The van der Waals surface area contributed by atoms with Gasteiger partial charge in [0, 0.05) is 20.3 Å². The first-order valence-corrected chi connectivity index (χ1v) is 5.75. The van der Waals surface area contributed by atoms with Gasteiger partial charge in [-0.1, -0.05) is 0 Å². The van der Waals surface area contributed by atoms with Crippen molar-refractivity contribution in [3.8, 4) is 0 Å². The smallest absolute Gasteiger partial charge is 0.151 e. The lowest BCUT2D eigenvalue weighted by Crippen LogP contribution is -2.13. The number of nitrogens with one attached hydrogen (secondary N) is 1. The summed E-state index contributed by atoms with van der Waals surface area (Å²) in [6.07, 6.45) is 1.76. The Kier molecular flexibility index (Phi) is 3.84. The van der Waals surface area contributed by atoms with Gasteiger partial charge in [0.1, 0.15) is 18.1 Å². The molecular weight excluding hydrogens is 230 g/mol. The third-order valence-corrected chi connectivity index (χ3v) is 2.54. The number of aromatic nitrogens is 1. The molecule has 0 fully saturated rings.